The second kappa shape index (κ2) is 6.05. The highest BCUT2D eigenvalue weighted by Crippen LogP contribution is 2.45. The van der Waals surface area contributed by atoms with E-state index in [1.54, 1.807) is 6.07 Å². The Balaban J connectivity index is 2.26. The summed E-state index contributed by atoms with van der Waals surface area (Å²) in [7, 11) is 0. The van der Waals surface area contributed by atoms with Gasteiger partial charge in [0.05, 0.1) is 11.1 Å². The molecule has 25 heavy (non-hydrogen) atoms. The van der Waals surface area contributed by atoms with Crippen LogP contribution in [0.4, 0.5) is 26.3 Å². The molecule has 1 aliphatic rings. The van der Waals surface area contributed by atoms with Gasteiger partial charge in [0, 0.05) is 5.56 Å². The van der Waals surface area contributed by atoms with E-state index in [9.17, 15) is 26.3 Å². The van der Waals surface area contributed by atoms with Crippen molar-refractivity contribution in [3.05, 3.63) is 58.7 Å². The van der Waals surface area contributed by atoms with Gasteiger partial charge in [-0.25, -0.2) is 0 Å². The van der Waals surface area contributed by atoms with Crippen LogP contribution in [0.3, 0.4) is 0 Å². The predicted molar refractivity (Wildman–Crippen MR) is 82.0 cm³/mol. The van der Waals surface area contributed by atoms with Gasteiger partial charge in [0.1, 0.15) is 0 Å². The molecule has 2 aromatic rings. The van der Waals surface area contributed by atoms with Gasteiger partial charge in [-0.1, -0.05) is 24.3 Å². The molecule has 0 amide bonds. The average Bonchev–Trinajstić information content (AvgIpc) is 2.94. The van der Waals surface area contributed by atoms with Crippen LogP contribution in [0.15, 0.2) is 36.4 Å². The lowest BCUT2D eigenvalue weighted by atomic mass is 9.90. The molecular weight excluding hydrogens is 344 g/mol. The Morgan fingerprint density at radius 3 is 2.04 bits per heavy atom. The molecule has 134 valence electrons. The summed E-state index contributed by atoms with van der Waals surface area (Å²) in [6.45, 7) is 0.309. The summed E-state index contributed by atoms with van der Waals surface area (Å²) in [5, 5.41) is 0. The maximum absolute atomic E-state index is 13.3. The molecule has 0 aliphatic heterocycles. The molecule has 0 aromatic heterocycles. The van der Waals surface area contributed by atoms with Crippen molar-refractivity contribution in [3.8, 4) is 11.1 Å². The molecule has 1 aliphatic carbocycles. The smallest absolute Gasteiger partial charge is 0.330 e. The summed E-state index contributed by atoms with van der Waals surface area (Å²) in [6, 6.07) is 6.51. The lowest BCUT2D eigenvalue weighted by Gasteiger charge is -2.20. The van der Waals surface area contributed by atoms with Crippen LogP contribution >= 0.6 is 0 Å². The van der Waals surface area contributed by atoms with Crippen molar-refractivity contribution < 1.29 is 26.3 Å². The summed E-state index contributed by atoms with van der Waals surface area (Å²) in [5.41, 5.74) is 3.86. The predicted octanol–water partition coefficient (Wildman–Crippen LogP) is 5.38. The molecule has 1 unspecified atom stereocenters. The zero-order valence-corrected chi connectivity index (χ0v) is 13.0. The lowest BCUT2D eigenvalue weighted by molar-refractivity contribution is -0.142. The van der Waals surface area contributed by atoms with Crippen molar-refractivity contribution in [2.24, 2.45) is 5.73 Å². The minimum atomic E-state index is -4.89. The van der Waals surface area contributed by atoms with Gasteiger partial charge in [0.15, 0.2) is 0 Å². The zero-order valence-electron chi connectivity index (χ0n) is 13.0. The Hall–Kier alpha value is -2.02. The summed E-state index contributed by atoms with van der Waals surface area (Å²) in [6.07, 6.45) is -8.29. The quantitative estimate of drug-likeness (QED) is 0.716. The van der Waals surface area contributed by atoms with E-state index in [0.717, 1.165) is 30.0 Å². The van der Waals surface area contributed by atoms with Crippen LogP contribution in [0, 0.1) is 0 Å². The minimum Gasteiger partial charge on any atom is -0.330 e. The number of aryl methyl sites for hydroxylation is 1. The maximum atomic E-state index is 13.3. The molecule has 2 aromatic carbocycles. The molecule has 0 bridgehead atoms. The van der Waals surface area contributed by atoms with Gasteiger partial charge in [0.2, 0.25) is 0 Å². The molecule has 0 saturated heterocycles. The fourth-order valence-electron chi connectivity index (χ4n) is 3.42. The number of hydrogen-bond donors (Lipinski definition) is 1. The summed E-state index contributed by atoms with van der Waals surface area (Å²) in [5.74, 6) is -0.0395. The Morgan fingerprint density at radius 2 is 1.52 bits per heavy atom. The van der Waals surface area contributed by atoms with E-state index in [1.165, 1.54) is 12.1 Å². The monoisotopic (exact) mass is 359 g/mol. The number of nitrogens with two attached hydrogens (primary N) is 1. The number of hydrogen-bond acceptors (Lipinski definition) is 1. The molecule has 0 fully saturated rings. The van der Waals surface area contributed by atoms with Crippen molar-refractivity contribution >= 4 is 0 Å². The van der Waals surface area contributed by atoms with Crippen LogP contribution in [-0.2, 0) is 18.8 Å². The fraction of sp³-hybridized carbons (Fsp3) is 0.333. The summed E-state index contributed by atoms with van der Waals surface area (Å²) < 4.78 is 80.0. The molecule has 7 heteroatoms. The van der Waals surface area contributed by atoms with Gasteiger partial charge in [0.25, 0.3) is 0 Å². The topological polar surface area (TPSA) is 26.0 Å². The molecular formula is C18H15F6N. The van der Waals surface area contributed by atoms with E-state index in [4.69, 9.17) is 5.73 Å². The van der Waals surface area contributed by atoms with Crippen LogP contribution in [0.5, 0.6) is 0 Å². The van der Waals surface area contributed by atoms with Crippen molar-refractivity contribution in [1.82, 2.24) is 0 Å². The Bertz CT molecular complexity index is 759. The second-order valence-corrected chi connectivity index (χ2v) is 6.11. The number of rotatable bonds is 2. The molecule has 0 saturated carbocycles. The Morgan fingerprint density at radius 1 is 0.920 bits per heavy atom. The summed E-state index contributed by atoms with van der Waals surface area (Å²) in [4.78, 5) is 0. The molecule has 0 heterocycles. The van der Waals surface area contributed by atoms with E-state index in [2.05, 4.69) is 0 Å². The molecule has 1 nitrogen and oxygen atoms in total. The number of alkyl halides is 6. The van der Waals surface area contributed by atoms with Gasteiger partial charge < -0.3 is 5.73 Å². The highest BCUT2D eigenvalue weighted by molar-refractivity contribution is 5.74. The van der Waals surface area contributed by atoms with Crippen LogP contribution in [-0.4, -0.2) is 6.54 Å². The second-order valence-electron chi connectivity index (χ2n) is 6.11. The first-order valence-corrected chi connectivity index (χ1v) is 7.73. The van der Waals surface area contributed by atoms with Gasteiger partial charge in [-0.15, -0.1) is 0 Å². The highest BCUT2D eigenvalue weighted by Gasteiger charge is 2.41. The Kier molecular flexibility index (Phi) is 4.31. The number of fused-ring (bicyclic) bond motifs is 1. The molecule has 0 spiro atoms. The van der Waals surface area contributed by atoms with Crippen molar-refractivity contribution in [3.63, 3.8) is 0 Å². The van der Waals surface area contributed by atoms with Gasteiger partial charge >= 0.3 is 12.4 Å². The number of halogens is 6. The average molecular weight is 359 g/mol. The fourth-order valence-corrected chi connectivity index (χ4v) is 3.42. The zero-order chi connectivity index (χ0) is 18.4. The maximum Gasteiger partial charge on any atom is 0.417 e. The third-order valence-electron chi connectivity index (χ3n) is 4.60. The van der Waals surface area contributed by atoms with Crippen LogP contribution in [0.2, 0.25) is 0 Å². The van der Waals surface area contributed by atoms with Crippen molar-refractivity contribution in [2.75, 3.05) is 6.54 Å². The van der Waals surface area contributed by atoms with Crippen LogP contribution < -0.4 is 5.73 Å². The molecule has 2 N–H and O–H groups in total. The highest BCUT2D eigenvalue weighted by atomic mass is 19.4. The van der Waals surface area contributed by atoms with Gasteiger partial charge in [-0.05, 0) is 54.1 Å². The van der Waals surface area contributed by atoms with Gasteiger partial charge in [-0.3, -0.25) is 0 Å². The largest absolute Gasteiger partial charge is 0.417 e. The normalized spacial score (nSPS) is 17.6. The van der Waals surface area contributed by atoms with Crippen LogP contribution in [0.1, 0.15) is 34.6 Å². The molecule has 0 radical (unpaired) electrons. The lowest BCUT2D eigenvalue weighted by Crippen LogP contribution is -2.14. The van der Waals surface area contributed by atoms with E-state index >= 15 is 0 Å². The standard InChI is InChI=1S/C18H15F6N/c19-17(20,21)14-2-1-3-15(18(22,23)24)16(14)11-6-4-10-5-7-12(9-25)13(10)8-11/h1-4,6,8,12H,5,7,9,25H2. The van der Waals surface area contributed by atoms with Gasteiger partial charge in [-0.2, -0.15) is 26.3 Å². The van der Waals surface area contributed by atoms with Crippen molar-refractivity contribution in [2.45, 2.75) is 31.1 Å². The van der Waals surface area contributed by atoms with E-state index in [-0.39, 0.29) is 11.5 Å². The third-order valence-corrected chi connectivity index (χ3v) is 4.60. The number of benzene rings is 2. The molecule has 1 atom stereocenters. The third kappa shape index (κ3) is 3.25. The van der Waals surface area contributed by atoms with E-state index in [1.807, 2.05) is 0 Å². The Labute approximate surface area is 140 Å². The SMILES string of the molecule is NCC1CCc2ccc(-c3c(C(F)(F)F)cccc3C(F)(F)F)cc21. The first-order chi connectivity index (χ1) is 11.6. The summed E-state index contributed by atoms with van der Waals surface area (Å²) >= 11 is 0. The molecule has 3 rings (SSSR count). The first kappa shape index (κ1) is 17.8. The first-order valence-electron chi connectivity index (χ1n) is 7.73. The van der Waals surface area contributed by atoms with E-state index < -0.39 is 29.0 Å². The van der Waals surface area contributed by atoms with Crippen LogP contribution in [0.25, 0.3) is 11.1 Å². The van der Waals surface area contributed by atoms with E-state index in [0.29, 0.717) is 18.7 Å². The minimum absolute atomic E-state index is 0.0395. The van der Waals surface area contributed by atoms with Crippen molar-refractivity contribution in [1.29, 1.82) is 0 Å².